The molecule has 1 heterocycles. The summed E-state index contributed by atoms with van der Waals surface area (Å²) in [6, 6.07) is 9.60. The van der Waals surface area contributed by atoms with Crippen LogP contribution in [0.15, 0.2) is 30.3 Å². The molecule has 0 aromatic heterocycles. The molecule has 1 aliphatic rings. The summed E-state index contributed by atoms with van der Waals surface area (Å²) >= 11 is 0. The van der Waals surface area contributed by atoms with Crippen molar-refractivity contribution in [3.05, 3.63) is 35.9 Å². The number of piperidine rings is 1. The van der Waals surface area contributed by atoms with E-state index < -0.39 is 11.8 Å². The first-order valence-corrected chi connectivity index (χ1v) is 7.17. The first-order chi connectivity index (χ1) is 9.56. The van der Waals surface area contributed by atoms with Gasteiger partial charge in [0.2, 0.25) is 0 Å². The van der Waals surface area contributed by atoms with Gasteiger partial charge in [-0.1, -0.05) is 44.2 Å². The fourth-order valence-corrected chi connectivity index (χ4v) is 2.83. The van der Waals surface area contributed by atoms with E-state index in [0.29, 0.717) is 31.5 Å². The van der Waals surface area contributed by atoms with E-state index in [1.165, 1.54) is 0 Å². The van der Waals surface area contributed by atoms with Crippen molar-refractivity contribution in [2.45, 2.75) is 26.8 Å². The van der Waals surface area contributed by atoms with Gasteiger partial charge in [0, 0.05) is 19.6 Å². The Morgan fingerprint density at radius 1 is 1.15 bits per heavy atom. The van der Waals surface area contributed by atoms with Gasteiger partial charge >= 0.3 is 11.8 Å². The lowest BCUT2D eigenvalue weighted by atomic mass is 9.92. The molecule has 2 amide bonds. The maximum absolute atomic E-state index is 12.1. The molecule has 0 aliphatic carbocycles. The summed E-state index contributed by atoms with van der Waals surface area (Å²) < 4.78 is 0. The highest BCUT2D eigenvalue weighted by molar-refractivity contribution is 6.34. The maximum Gasteiger partial charge on any atom is 0.311 e. The second kappa shape index (κ2) is 6.55. The predicted molar refractivity (Wildman–Crippen MR) is 77.8 cm³/mol. The lowest BCUT2D eigenvalue weighted by molar-refractivity contribution is -0.147. The van der Waals surface area contributed by atoms with Gasteiger partial charge in [0.15, 0.2) is 0 Å². The van der Waals surface area contributed by atoms with Gasteiger partial charge in [0.05, 0.1) is 0 Å². The minimum absolute atomic E-state index is 0.393. The number of carbonyl (C=O) groups is 2. The fourth-order valence-electron chi connectivity index (χ4n) is 2.83. The molecule has 1 fully saturated rings. The van der Waals surface area contributed by atoms with E-state index in [2.05, 4.69) is 19.2 Å². The first-order valence-electron chi connectivity index (χ1n) is 7.17. The van der Waals surface area contributed by atoms with Crippen LogP contribution in [0.2, 0.25) is 0 Å². The smallest absolute Gasteiger partial charge is 0.311 e. The molecule has 4 heteroatoms. The highest BCUT2D eigenvalue weighted by Gasteiger charge is 2.28. The number of likely N-dealkylation sites (tertiary alicyclic amines) is 1. The van der Waals surface area contributed by atoms with Gasteiger partial charge in [0.1, 0.15) is 0 Å². The standard InChI is InChI=1S/C16H22N2O2/c1-12-8-13(2)11-18(10-12)16(20)15(19)17-9-14-6-4-3-5-7-14/h3-7,12-13H,8-11H2,1-2H3,(H,17,19). The molecule has 1 aromatic rings. The number of nitrogens with one attached hydrogen (secondary N) is 1. The lowest BCUT2D eigenvalue weighted by Gasteiger charge is -2.34. The van der Waals surface area contributed by atoms with E-state index in [4.69, 9.17) is 0 Å². The fraction of sp³-hybridized carbons (Fsp3) is 0.500. The van der Waals surface area contributed by atoms with E-state index in [1.54, 1.807) is 4.90 Å². The Kier molecular flexibility index (Phi) is 4.77. The Morgan fingerprint density at radius 3 is 2.35 bits per heavy atom. The van der Waals surface area contributed by atoms with Gasteiger partial charge < -0.3 is 10.2 Å². The molecule has 108 valence electrons. The van der Waals surface area contributed by atoms with Crippen LogP contribution < -0.4 is 5.32 Å². The van der Waals surface area contributed by atoms with Gasteiger partial charge in [-0.2, -0.15) is 0 Å². The Morgan fingerprint density at radius 2 is 1.75 bits per heavy atom. The summed E-state index contributed by atoms with van der Waals surface area (Å²) in [5.74, 6) is 0.0173. The van der Waals surface area contributed by atoms with Crippen molar-refractivity contribution < 1.29 is 9.59 Å². The maximum atomic E-state index is 12.1. The number of amides is 2. The van der Waals surface area contributed by atoms with Gasteiger partial charge in [-0.05, 0) is 23.8 Å². The van der Waals surface area contributed by atoms with Crippen LogP contribution >= 0.6 is 0 Å². The third-order valence-corrected chi connectivity index (χ3v) is 3.65. The highest BCUT2D eigenvalue weighted by Crippen LogP contribution is 2.20. The number of nitrogens with zero attached hydrogens (tertiary/aromatic N) is 1. The molecule has 2 atom stereocenters. The molecule has 1 aliphatic heterocycles. The summed E-state index contributed by atoms with van der Waals surface area (Å²) in [5.41, 5.74) is 0.994. The summed E-state index contributed by atoms with van der Waals surface area (Å²) in [4.78, 5) is 25.7. The molecule has 0 bridgehead atoms. The van der Waals surface area contributed by atoms with Crippen LogP contribution in [0.5, 0.6) is 0 Å². The van der Waals surface area contributed by atoms with Gasteiger partial charge in [-0.25, -0.2) is 0 Å². The SMILES string of the molecule is CC1CC(C)CN(C(=O)C(=O)NCc2ccccc2)C1. The van der Waals surface area contributed by atoms with Crippen LogP contribution in [0.4, 0.5) is 0 Å². The van der Waals surface area contributed by atoms with Crippen LogP contribution in [-0.2, 0) is 16.1 Å². The van der Waals surface area contributed by atoms with Crippen molar-refractivity contribution >= 4 is 11.8 Å². The molecule has 20 heavy (non-hydrogen) atoms. The van der Waals surface area contributed by atoms with E-state index in [9.17, 15) is 9.59 Å². The molecule has 1 N–H and O–H groups in total. The molecule has 0 radical (unpaired) electrons. The Hall–Kier alpha value is -1.84. The van der Waals surface area contributed by atoms with Crippen molar-refractivity contribution in [1.29, 1.82) is 0 Å². The molecule has 1 saturated heterocycles. The zero-order valence-corrected chi connectivity index (χ0v) is 12.1. The Labute approximate surface area is 120 Å². The first kappa shape index (κ1) is 14.6. The topological polar surface area (TPSA) is 49.4 Å². The predicted octanol–water partition coefficient (Wildman–Crippen LogP) is 1.81. The Bertz CT molecular complexity index is 463. The van der Waals surface area contributed by atoms with Crippen molar-refractivity contribution in [2.24, 2.45) is 11.8 Å². The van der Waals surface area contributed by atoms with E-state index in [1.807, 2.05) is 30.3 Å². The van der Waals surface area contributed by atoms with Crippen LogP contribution in [-0.4, -0.2) is 29.8 Å². The number of benzene rings is 1. The molecule has 0 saturated carbocycles. The monoisotopic (exact) mass is 274 g/mol. The Balaban J connectivity index is 1.87. The van der Waals surface area contributed by atoms with E-state index in [-0.39, 0.29) is 0 Å². The zero-order valence-electron chi connectivity index (χ0n) is 12.1. The number of hydrogen-bond acceptors (Lipinski definition) is 2. The summed E-state index contributed by atoms with van der Waals surface area (Å²) in [7, 11) is 0. The minimum Gasteiger partial charge on any atom is -0.344 e. The normalized spacial score (nSPS) is 22.4. The van der Waals surface area contributed by atoms with Crippen LogP contribution in [0.1, 0.15) is 25.8 Å². The third-order valence-electron chi connectivity index (χ3n) is 3.65. The van der Waals surface area contributed by atoms with Gasteiger partial charge in [-0.15, -0.1) is 0 Å². The van der Waals surface area contributed by atoms with E-state index in [0.717, 1.165) is 12.0 Å². The van der Waals surface area contributed by atoms with Crippen LogP contribution in [0.3, 0.4) is 0 Å². The largest absolute Gasteiger partial charge is 0.344 e. The van der Waals surface area contributed by atoms with E-state index >= 15 is 0 Å². The molecular formula is C16H22N2O2. The molecule has 4 nitrogen and oxygen atoms in total. The van der Waals surface area contributed by atoms with Crippen molar-refractivity contribution in [3.63, 3.8) is 0 Å². The van der Waals surface area contributed by atoms with Gasteiger partial charge in [0.25, 0.3) is 0 Å². The average Bonchev–Trinajstić information content (AvgIpc) is 2.44. The number of hydrogen-bond donors (Lipinski definition) is 1. The number of rotatable bonds is 2. The molecule has 1 aromatic carbocycles. The van der Waals surface area contributed by atoms with Crippen LogP contribution in [0, 0.1) is 11.8 Å². The van der Waals surface area contributed by atoms with Crippen molar-refractivity contribution in [1.82, 2.24) is 10.2 Å². The highest BCUT2D eigenvalue weighted by atomic mass is 16.2. The molecular weight excluding hydrogens is 252 g/mol. The second-order valence-corrected chi connectivity index (χ2v) is 5.82. The summed E-state index contributed by atoms with van der Waals surface area (Å²) in [5, 5.41) is 2.70. The summed E-state index contributed by atoms with van der Waals surface area (Å²) in [6.07, 6.45) is 1.12. The van der Waals surface area contributed by atoms with Crippen molar-refractivity contribution in [2.75, 3.05) is 13.1 Å². The quantitative estimate of drug-likeness (QED) is 0.836. The average molecular weight is 274 g/mol. The third kappa shape index (κ3) is 3.83. The second-order valence-electron chi connectivity index (χ2n) is 5.82. The minimum atomic E-state index is -0.504. The molecule has 2 unspecified atom stereocenters. The molecule has 2 rings (SSSR count). The summed E-state index contributed by atoms with van der Waals surface area (Å²) in [6.45, 7) is 6.00. The lowest BCUT2D eigenvalue weighted by Crippen LogP contribution is -2.48. The van der Waals surface area contributed by atoms with Crippen molar-refractivity contribution in [3.8, 4) is 0 Å². The van der Waals surface area contributed by atoms with Gasteiger partial charge in [-0.3, -0.25) is 9.59 Å². The van der Waals surface area contributed by atoms with Crippen LogP contribution in [0.25, 0.3) is 0 Å². The zero-order chi connectivity index (χ0) is 14.5. The molecule has 0 spiro atoms. The number of carbonyl (C=O) groups excluding carboxylic acids is 2.